The average Bonchev–Trinajstić information content (AvgIpc) is 3.44. The van der Waals surface area contributed by atoms with Gasteiger partial charge in [-0.1, -0.05) is 12.2 Å². The molecule has 2 aliphatic carbocycles. The minimum Gasteiger partial charge on any atom is -0.449 e. The fourth-order valence-corrected chi connectivity index (χ4v) is 4.61. The highest BCUT2D eigenvalue weighted by atomic mass is 16.7. The van der Waals surface area contributed by atoms with E-state index in [4.69, 9.17) is 28.5 Å². The van der Waals surface area contributed by atoms with Crippen LogP contribution in [0.4, 0.5) is 4.79 Å². The third-order valence-electron chi connectivity index (χ3n) is 6.70. The lowest BCUT2D eigenvalue weighted by molar-refractivity contribution is -0.198. The topological polar surface area (TPSA) is 139 Å². The first-order valence-corrected chi connectivity index (χ1v) is 13.5. The number of carbonyl (C=O) groups is 4. The van der Waals surface area contributed by atoms with Crippen LogP contribution in [0.2, 0.25) is 0 Å². The Labute approximate surface area is 223 Å². The quantitative estimate of drug-likeness (QED) is 0.155. The molecule has 3 atom stereocenters. The maximum atomic E-state index is 11.9. The largest absolute Gasteiger partial charge is 0.449 e. The van der Waals surface area contributed by atoms with E-state index < -0.39 is 23.9 Å². The molecule has 1 saturated heterocycles. The summed E-state index contributed by atoms with van der Waals surface area (Å²) in [6, 6.07) is 0. The first-order valence-electron chi connectivity index (χ1n) is 13.5. The Morgan fingerprint density at radius 3 is 1.89 bits per heavy atom. The molecule has 2 fully saturated rings. The molecule has 1 saturated carbocycles. The van der Waals surface area contributed by atoms with Crippen LogP contribution >= 0.6 is 0 Å². The van der Waals surface area contributed by atoms with E-state index in [0.717, 1.165) is 12.8 Å². The van der Waals surface area contributed by atoms with E-state index in [9.17, 15) is 19.2 Å². The molecule has 0 radical (unpaired) electrons. The fraction of sp³-hybridized carbons (Fsp3) is 0.769. The van der Waals surface area contributed by atoms with Crippen LogP contribution in [0.1, 0.15) is 44.9 Å². The van der Waals surface area contributed by atoms with Crippen LogP contribution in [0.3, 0.4) is 0 Å². The van der Waals surface area contributed by atoms with Crippen molar-refractivity contribution in [2.75, 3.05) is 66.0 Å². The van der Waals surface area contributed by atoms with Crippen molar-refractivity contribution in [3.05, 3.63) is 12.2 Å². The van der Waals surface area contributed by atoms with E-state index in [2.05, 4.69) is 17.5 Å². The molecule has 3 rings (SSSR count). The van der Waals surface area contributed by atoms with Crippen molar-refractivity contribution in [2.45, 2.75) is 44.9 Å². The zero-order chi connectivity index (χ0) is 27.0. The van der Waals surface area contributed by atoms with Crippen molar-refractivity contribution in [3.63, 3.8) is 0 Å². The molecule has 3 aliphatic rings. The SMILES string of the molecule is O=C(CCOCCOCCOCCOCCNC(=O)OCC1C2CC/C=C\CC[C@H]21)ON1C(=O)CCC1=O. The van der Waals surface area contributed by atoms with Gasteiger partial charge in [-0.3, -0.25) is 9.59 Å². The molecule has 0 bridgehead atoms. The second-order valence-corrected chi connectivity index (χ2v) is 9.39. The lowest BCUT2D eigenvalue weighted by Gasteiger charge is -2.12. The van der Waals surface area contributed by atoms with Crippen molar-refractivity contribution in [1.29, 1.82) is 0 Å². The standard InChI is InChI=1S/C26H40N2O10/c29-23-7-8-24(30)28(23)38-25(31)9-11-33-13-15-35-17-18-36-16-14-34-12-10-27-26(32)37-19-22-20-5-3-1-2-4-6-21(20)22/h1-2,20-22H,3-19H2,(H,27,32)/b2-1-/t20-,21?,22?/m1/s1. The minimum absolute atomic E-state index is 0.0612. The summed E-state index contributed by atoms with van der Waals surface area (Å²) in [7, 11) is 0. The highest BCUT2D eigenvalue weighted by Crippen LogP contribution is 2.52. The third kappa shape index (κ3) is 11.1. The summed E-state index contributed by atoms with van der Waals surface area (Å²) in [5, 5.41) is 3.23. The van der Waals surface area contributed by atoms with Crippen LogP contribution in [0.25, 0.3) is 0 Å². The van der Waals surface area contributed by atoms with E-state index in [-0.39, 0.29) is 32.5 Å². The van der Waals surface area contributed by atoms with E-state index in [0.29, 0.717) is 75.6 Å². The Morgan fingerprint density at radius 2 is 1.32 bits per heavy atom. The van der Waals surface area contributed by atoms with E-state index >= 15 is 0 Å². The molecule has 3 amide bonds. The van der Waals surface area contributed by atoms with Crippen LogP contribution in [-0.2, 0) is 42.9 Å². The van der Waals surface area contributed by atoms with Gasteiger partial charge in [0.25, 0.3) is 11.8 Å². The summed E-state index contributed by atoms with van der Waals surface area (Å²) in [6.45, 7) is 3.58. The molecule has 1 heterocycles. The summed E-state index contributed by atoms with van der Waals surface area (Å²) in [5.41, 5.74) is 0. The van der Waals surface area contributed by atoms with Gasteiger partial charge in [-0.15, -0.1) is 5.06 Å². The molecule has 0 aromatic carbocycles. The van der Waals surface area contributed by atoms with Gasteiger partial charge in [-0.05, 0) is 43.4 Å². The van der Waals surface area contributed by atoms with Crippen molar-refractivity contribution in [3.8, 4) is 0 Å². The summed E-state index contributed by atoms with van der Waals surface area (Å²) in [5.74, 6) is 0.220. The molecule has 12 heteroatoms. The zero-order valence-electron chi connectivity index (χ0n) is 21.9. The van der Waals surface area contributed by atoms with Crippen LogP contribution in [-0.4, -0.2) is 94.9 Å². The van der Waals surface area contributed by atoms with E-state index in [1.807, 2.05) is 0 Å². The van der Waals surface area contributed by atoms with Gasteiger partial charge in [-0.2, -0.15) is 0 Å². The van der Waals surface area contributed by atoms with Gasteiger partial charge < -0.3 is 33.8 Å². The number of rotatable bonds is 18. The fourth-order valence-electron chi connectivity index (χ4n) is 4.61. The van der Waals surface area contributed by atoms with E-state index in [1.54, 1.807) is 0 Å². The third-order valence-corrected chi connectivity index (χ3v) is 6.70. The van der Waals surface area contributed by atoms with Crippen LogP contribution in [0.5, 0.6) is 0 Å². The zero-order valence-corrected chi connectivity index (χ0v) is 21.9. The molecule has 2 unspecified atom stereocenters. The maximum Gasteiger partial charge on any atom is 0.407 e. The average molecular weight is 541 g/mol. The number of allylic oxidation sites excluding steroid dienone is 2. The first-order chi connectivity index (χ1) is 18.6. The molecule has 214 valence electrons. The van der Waals surface area contributed by atoms with Gasteiger partial charge in [0.15, 0.2) is 0 Å². The predicted molar refractivity (Wildman–Crippen MR) is 133 cm³/mol. The first kappa shape index (κ1) is 30.0. The Bertz CT molecular complexity index is 773. The number of carbonyl (C=O) groups excluding carboxylic acids is 4. The highest BCUT2D eigenvalue weighted by molar-refractivity contribution is 6.01. The summed E-state index contributed by atoms with van der Waals surface area (Å²) in [4.78, 5) is 51.0. The van der Waals surface area contributed by atoms with Crippen LogP contribution in [0, 0.1) is 17.8 Å². The van der Waals surface area contributed by atoms with Gasteiger partial charge in [0.1, 0.15) is 0 Å². The molecule has 1 N–H and O–H groups in total. The number of nitrogens with zero attached hydrogens (tertiary/aromatic N) is 1. The van der Waals surface area contributed by atoms with Crippen molar-refractivity contribution < 1.29 is 47.7 Å². The number of alkyl carbamates (subject to hydrolysis) is 1. The number of fused-ring (bicyclic) bond motifs is 1. The Hall–Kier alpha value is -2.54. The van der Waals surface area contributed by atoms with Gasteiger partial charge in [0.05, 0.1) is 65.9 Å². The Kier molecular flexibility index (Phi) is 13.5. The summed E-state index contributed by atoms with van der Waals surface area (Å²) in [6.07, 6.45) is 8.83. The van der Waals surface area contributed by atoms with E-state index in [1.165, 1.54) is 12.8 Å². The number of nitrogens with one attached hydrogen (secondary N) is 1. The molecule has 1 aliphatic heterocycles. The molecule has 38 heavy (non-hydrogen) atoms. The van der Waals surface area contributed by atoms with Crippen molar-refractivity contribution in [1.82, 2.24) is 10.4 Å². The maximum absolute atomic E-state index is 11.9. The monoisotopic (exact) mass is 540 g/mol. The number of hydrogen-bond acceptors (Lipinski definition) is 10. The highest BCUT2D eigenvalue weighted by Gasteiger charge is 2.49. The summed E-state index contributed by atoms with van der Waals surface area (Å²) >= 11 is 0. The van der Waals surface area contributed by atoms with Gasteiger partial charge >= 0.3 is 12.1 Å². The number of hydroxylamine groups is 2. The van der Waals surface area contributed by atoms with Gasteiger partial charge in [-0.25, -0.2) is 9.59 Å². The van der Waals surface area contributed by atoms with Crippen molar-refractivity contribution in [2.24, 2.45) is 17.8 Å². The van der Waals surface area contributed by atoms with Gasteiger partial charge in [0.2, 0.25) is 0 Å². The molecule has 12 nitrogen and oxygen atoms in total. The second kappa shape index (κ2) is 17.1. The molecule has 0 spiro atoms. The number of amides is 3. The normalized spacial score (nSPS) is 23.4. The van der Waals surface area contributed by atoms with Gasteiger partial charge in [0, 0.05) is 19.4 Å². The number of hydrogen-bond donors (Lipinski definition) is 1. The predicted octanol–water partition coefficient (Wildman–Crippen LogP) is 1.77. The summed E-state index contributed by atoms with van der Waals surface area (Å²) < 4.78 is 26.8. The smallest absolute Gasteiger partial charge is 0.407 e. The number of imide groups is 1. The molecule has 0 aromatic heterocycles. The lowest BCUT2D eigenvalue weighted by atomic mass is 10.1. The minimum atomic E-state index is -0.699. The molecular weight excluding hydrogens is 500 g/mol. The number of ether oxygens (including phenoxy) is 5. The van der Waals surface area contributed by atoms with Crippen LogP contribution < -0.4 is 5.32 Å². The second-order valence-electron chi connectivity index (χ2n) is 9.39. The van der Waals surface area contributed by atoms with Crippen LogP contribution in [0.15, 0.2) is 12.2 Å². The Morgan fingerprint density at radius 1 is 0.789 bits per heavy atom. The molecular formula is C26H40N2O10. The Balaban J connectivity index is 1.01. The lowest BCUT2D eigenvalue weighted by Crippen LogP contribution is -2.32. The molecule has 0 aromatic rings. The van der Waals surface area contributed by atoms with Crippen molar-refractivity contribution >= 4 is 23.9 Å².